The van der Waals surface area contributed by atoms with Crippen LogP contribution in [0.2, 0.25) is 0 Å². The van der Waals surface area contributed by atoms with Gasteiger partial charge in [-0.25, -0.2) is 4.98 Å². The van der Waals surface area contributed by atoms with Gasteiger partial charge < -0.3 is 10.1 Å². The minimum Gasteiger partial charge on any atom is -0.379 e. The molecule has 2 aromatic heterocycles. The van der Waals surface area contributed by atoms with Crippen molar-refractivity contribution in [2.75, 3.05) is 13.2 Å². The van der Waals surface area contributed by atoms with Gasteiger partial charge in [-0.05, 0) is 24.1 Å². The molecule has 1 N–H and O–H groups in total. The van der Waals surface area contributed by atoms with Gasteiger partial charge in [-0.3, -0.25) is 9.78 Å². The van der Waals surface area contributed by atoms with Gasteiger partial charge in [0, 0.05) is 28.8 Å². The summed E-state index contributed by atoms with van der Waals surface area (Å²) < 4.78 is 5.69. The zero-order chi connectivity index (χ0) is 18.8. The first kappa shape index (κ1) is 18.1. The standard InChI is InChI=1S/C21H23N3O2S/c1-13(2)21-24-19(12-27-21)20(25)23-18-11-26-10-15(18)9-14-7-8-22-17-6-4-3-5-16(14)17/h3-8,12-13,15,18H,9-11H2,1-2H3,(H,23,25)/t15-,18-/m1/s1. The predicted molar refractivity (Wildman–Crippen MR) is 107 cm³/mol. The third-order valence-corrected chi connectivity index (χ3v) is 6.13. The first-order valence-corrected chi connectivity index (χ1v) is 10.2. The second-order valence-corrected chi connectivity index (χ2v) is 8.18. The van der Waals surface area contributed by atoms with Crippen molar-refractivity contribution in [2.24, 2.45) is 5.92 Å². The first-order valence-electron chi connectivity index (χ1n) is 9.28. The average molecular weight is 382 g/mol. The molecule has 0 spiro atoms. The lowest BCUT2D eigenvalue weighted by Gasteiger charge is -2.19. The first-order chi connectivity index (χ1) is 13.1. The molecule has 1 aromatic carbocycles. The molecule has 1 saturated heterocycles. The lowest BCUT2D eigenvalue weighted by molar-refractivity contribution is 0.0920. The second kappa shape index (κ2) is 7.74. The Balaban J connectivity index is 1.48. The molecule has 0 unspecified atom stereocenters. The van der Waals surface area contributed by atoms with E-state index in [1.165, 1.54) is 16.9 Å². The lowest BCUT2D eigenvalue weighted by atomic mass is 9.93. The molecule has 1 fully saturated rings. The summed E-state index contributed by atoms with van der Waals surface area (Å²) in [6, 6.07) is 10.2. The highest BCUT2D eigenvalue weighted by atomic mass is 32.1. The van der Waals surface area contributed by atoms with Crippen molar-refractivity contribution < 1.29 is 9.53 Å². The fourth-order valence-corrected chi connectivity index (χ4v) is 4.29. The minimum atomic E-state index is -0.113. The van der Waals surface area contributed by atoms with Crippen molar-refractivity contribution in [1.29, 1.82) is 0 Å². The number of fused-ring (bicyclic) bond motifs is 1. The Bertz CT molecular complexity index is 948. The highest BCUT2D eigenvalue weighted by Gasteiger charge is 2.31. The van der Waals surface area contributed by atoms with E-state index in [1.54, 1.807) is 0 Å². The molecule has 140 valence electrons. The van der Waals surface area contributed by atoms with E-state index in [1.807, 2.05) is 29.8 Å². The zero-order valence-corrected chi connectivity index (χ0v) is 16.3. The Morgan fingerprint density at radius 2 is 2.15 bits per heavy atom. The molecule has 4 rings (SSSR count). The van der Waals surface area contributed by atoms with Crippen LogP contribution in [0.1, 0.15) is 40.8 Å². The summed E-state index contributed by atoms with van der Waals surface area (Å²) in [7, 11) is 0. The van der Waals surface area contributed by atoms with E-state index in [0.717, 1.165) is 22.3 Å². The topological polar surface area (TPSA) is 64.1 Å². The van der Waals surface area contributed by atoms with E-state index in [-0.39, 0.29) is 17.9 Å². The molecular weight excluding hydrogens is 358 g/mol. The number of benzene rings is 1. The summed E-state index contributed by atoms with van der Waals surface area (Å²) in [5, 5.41) is 7.12. The molecule has 1 amide bonds. The average Bonchev–Trinajstić information content (AvgIpc) is 3.32. The molecule has 27 heavy (non-hydrogen) atoms. The maximum absolute atomic E-state index is 12.6. The summed E-state index contributed by atoms with van der Waals surface area (Å²) in [5.41, 5.74) is 2.74. The van der Waals surface area contributed by atoms with E-state index >= 15 is 0 Å². The van der Waals surface area contributed by atoms with Gasteiger partial charge in [-0.2, -0.15) is 0 Å². The number of rotatable bonds is 5. The van der Waals surface area contributed by atoms with Gasteiger partial charge in [-0.15, -0.1) is 11.3 Å². The van der Waals surface area contributed by atoms with Gasteiger partial charge in [0.2, 0.25) is 0 Å². The van der Waals surface area contributed by atoms with Crippen LogP contribution < -0.4 is 5.32 Å². The molecule has 6 heteroatoms. The van der Waals surface area contributed by atoms with Crippen LogP contribution in [-0.4, -0.2) is 35.1 Å². The number of carbonyl (C=O) groups is 1. The number of amides is 1. The summed E-state index contributed by atoms with van der Waals surface area (Å²) in [6.45, 7) is 5.36. The summed E-state index contributed by atoms with van der Waals surface area (Å²) in [6.07, 6.45) is 2.70. The van der Waals surface area contributed by atoms with E-state index in [9.17, 15) is 4.79 Å². The third kappa shape index (κ3) is 3.87. The van der Waals surface area contributed by atoms with E-state index in [2.05, 4.69) is 41.3 Å². The minimum absolute atomic E-state index is 0.00590. The van der Waals surface area contributed by atoms with Crippen LogP contribution in [0.15, 0.2) is 41.9 Å². The summed E-state index contributed by atoms with van der Waals surface area (Å²) in [4.78, 5) is 21.5. The van der Waals surface area contributed by atoms with Crippen molar-refractivity contribution in [2.45, 2.75) is 32.2 Å². The number of carbonyl (C=O) groups excluding carboxylic acids is 1. The lowest BCUT2D eigenvalue weighted by Crippen LogP contribution is -2.40. The molecule has 0 saturated carbocycles. The van der Waals surface area contributed by atoms with Crippen LogP contribution in [0.3, 0.4) is 0 Å². The monoisotopic (exact) mass is 381 g/mol. The number of nitrogens with zero attached hydrogens (tertiary/aromatic N) is 2. The Labute approximate surface area is 162 Å². The molecule has 1 aliphatic heterocycles. The van der Waals surface area contributed by atoms with Gasteiger partial charge >= 0.3 is 0 Å². The normalized spacial score (nSPS) is 19.7. The number of para-hydroxylation sites is 1. The van der Waals surface area contributed by atoms with E-state index in [0.29, 0.717) is 24.8 Å². The molecule has 3 aromatic rings. The number of hydrogen-bond acceptors (Lipinski definition) is 5. The van der Waals surface area contributed by atoms with Gasteiger partial charge in [0.25, 0.3) is 5.91 Å². The van der Waals surface area contributed by atoms with Gasteiger partial charge in [0.1, 0.15) is 5.69 Å². The fraction of sp³-hybridized carbons (Fsp3) is 0.381. The van der Waals surface area contributed by atoms with Crippen LogP contribution in [-0.2, 0) is 11.2 Å². The molecule has 0 radical (unpaired) electrons. The van der Waals surface area contributed by atoms with Crippen molar-refractivity contribution in [3.05, 3.63) is 58.2 Å². The third-order valence-electron chi connectivity index (χ3n) is 4.98. The largest absolute Gasteiger partial charge is 0.379 e. The zero-order valence-electron chi connectivity index (χ0n) is 15.5. The predicted octanol–water partition coefficient (Wildman–Crippen LogP) is 3.80. The summed E-state index contributed by atoms with van der Waals surface area (Å²) in [5.74, 6) is 0.459. The number of aromatic nitrogens is 2. The Hall–Kier alpha value is -2.31. The van der Waals surface area contributed by atoms with Crippen molar-refractivity contribution in [1.82, 2.24) is 15.3 Å². The van der Waals surface area contributed by atoms with Crippen molar-refractivity contribution >= 4 is 28.1 Å². The number of nitrogens with one attached hydrogen (secondary N) is 1. The van der Waals surface area contributed by atoms with E-state index in [4.69, 9.17) is 4.74 Å². The van der Waals surface area contributed by atoms with Crippen LogP contribution in [0.5, 0.6) is 0 Å². The molecule has 0 aliphatic carbocycles. The highest BCUT2D eigenvalue weighted by Crippen LogP contribution is 2.25. The summed E-state index contributed by atoms with van der Waals surface area (Å²) >= 11 is 1.54. The number of thiazole rings is 1. The fourth-order valence-electron chi connectivity index (χ4n) is 3.47. The van der Waals surface area contributed by atoms with Crippen LogP contribution in [0.25, 0.3) is 10.9 Å². The molecule has 3 heterocycles. The molecular formula is C21H23N3O2S. The Morgan fingerprint density at radius 1 is 1.30 bits per heavy atom. The molecule has 0 bridgehead atoms. The van der Waals surface area contributed by atoms with Crippen molar-refractivity contribution in [3.8, 4) is 0 Å². The van der Waals surface area contributed by atoms with Gasteiger partial charge in [0.05, 0.1) is 29.8 Å². The molecule has 2 atom stereocenters. The van der Waals surface area contributed by atoms with Crippen LogP contribution >= 0.6 is 11.3 Å². The maximum atomic E-state index is 12.6. The molecule has 1 aliphatic rings. The number of hydrogen-bond donors (Lipinski definition) is 1. The number of ether oxygens (including phenoxy) is 1. The quantitative estimate of drug-likeness (QED) is 0.730. The van der Waals surface area contributed by atoms with Crippen LogP contribution in [0.4, 0.5) is 0 Å². The Morgan fingerprint density at radius 3 is 2.96 bits per heavy atom. The van der Waals surface area contributed by atoms with Gasteiger partial charge in [-0.1, -0.05) is 32.0 Å². The SMILES string of the molecule is CC(C)c1nc(C(=O)N[C@@H]2COC[C@H]2Cc2ccnc3ccccc23)cs1. The van der Waals surface area contributed by atoms with E-state index < -0.39 is 0 Å². The second-order valence-electron chi connectivity index (χ2n) is 7.29. The Kier molecular flexibility index (Phi) is 5.18. The van der Waals surface area contributed by atoms with Crippen LogP contribution in [0, 0.1) is 5.92 Å². The smallest absolute Gasteiger partial charge is 0.271 e. The number of pyridine rings is 1. The van der Waals surface area contributed by atoms with Crippen molar-refractivity contribution in [3.63, 3.8) is 0 Å². The molecule has 5 nitrogen and oxygen atoms in total. The maximum Gasteiger partial charge on any atom is 0.271 e. The highest BCUT2D eigenvalue weighted by molar-refractivity contribution is 7.09. The van der Waals surface area contributed by atoms with Gasteiger partial charge in [0.15, 0.2) is 0 Å².